The fourth-order valence-electron chi connectivity index (χ4n) is 2.29. The van der Waals surface area contributed by atoms with Crippen LogP contribution in [-0.2, 0) is 6.42 Å². The lowest BCUT2D eigenvalue weighted by molar-refractivity contribution is 0.647. The monoisotopic (exact) mass is 259 g/mol. The number of hydrogen-bond donors (Lipinski definition) is 1. The van der Waals surface area contributed by atoms with Crippen LogP contribution in [-0.4, -0.2) is 0 Å². The number of nitrogen functional groups attached to an aromatic ring is 1. The van der Waals surface area contributed by atoms with E-state index in [1.807, 2.05) is 0 Å². The molecule has 1 aromatic heterocycles. The van der Waals surface area contributed by atoms with Crippen LogP contribution in [0.15, 0.2) is 24.3 Å². The number of rotatable bonds is 3. The normalized spacial score (nSPS) is 11.2. The van der Waals surface area contributed by atoms with Gasteiger partial charge in [-0.15, -0.1) is 11.3 Å². The van der Waals surface area contributed by atoms with Crippen molar-refractivity contribution in [2.45, 2.75) is 34.1 Å². The Labute approximate surface area is 114 Å². The topological polar surface area (TPSA) is 26.0 Å². The molecule has 2 aromatic rings. The highest BCUT2D eigenvalue weighted by Gasteiger charge is 2.11. The molecule has 1 nitrogen and oxygen atoms in total. The van der Waals surface area contributed by atoms with Crippen molar-refractivity contribution in [2.24, 2.45) is 5.92 Å². The quantitative estimate of drug-likeness (QED) is 0.840. The zero-order valence-electron chi connectivity index (χ0n) is 11.6. The second-order valence-electron chi connectivity index (χ2n) is 5.32. The molecule has 0 atom stereocenters. The number of hydrogen-bond acceptors (Lipinski definition) is 2. The second-order valence-corrected chi connectivity index (χ2v) is 6.57. The molecule has 1 aromatic carbocycles. The average molecular weight is 259 g/mol. The first-order valence-electron chi connectivity index (χ1n) is 6.43. The van der Waals surface area contributed by atoms with E-state index in [-0.39, 0.29) is 0 Å². The molecule has 2 heteroatoms. The van der Waals surface area contributed by atoms with E-state index in [1.54, 1.807) is 11.3 Å². The Morgan fingerprint density at radius 3 is 2.17 bits per heavy atom. The highest BCUT2D eigenvalue weighted by molar-refractivity contribution is 7.16. The summed E-state index contributed by atoms with van der Waals surface area (Å²) in [5.74, 6) is 0.700. The average Bonchev–Trinajstić information content (AvgIpc) is 2.54. The van der Waals surface area contributed by atoms with E-state index in [1.165, 1.54) is 27.1 Å². The Bertz CT molecular complexity index is 535. The zero-order chi connectivity index (χ0) is 13.3. The van der Waals surface area contributed by atoms with Crippen molar-refractivity contribution in [1.29, 1.82) is 0 Å². The first-order chi connectivity index (χ1) is 8.49. The predicted octanol–water partition coefficient (Wildman–Crippen LogP) is 4.81. The summed E-state index contributed by atoms with van der Waals surface area (Å²) in [7, 11) is 0. The Kier molecular flexibility index (Phi) is 3.76. The van der Waals surface area contributed by atoms with E-state index in [0.717, 1.165) is 11.4 Å². The first kappa shape index (κ1) is 13.2. The van der Waals surface area contributed by atoms with Gasteiger partial charge in [0.25, 0.3) is 0 Å². The molecule has 0 aliphatic carbocycles. The van der Waals surface area contributed by atoms with Gasteiger partial charge in [0.15, 0.2) is 0 Å². The third kappa shape index (κ3) is 2.59. The van der Waals surface area contributed by atoms with Crippen molar-refractivity contribution < 1.29 is 0 Å². The van der Waals surface area contributed by atoms with E-state index in [9.17, 15) is 0 Å². The molecular formula is C16H21NS. The van der Waals surface area contributed by atoms with Crippen LogP contribution in [0.5, 0.6) is 0 Å². The summed E-state index contributed by atoms with van der Waals surface area (Å²) in [4.78, 5) is 1.31. The van der Waals surface area contributed by atoms with Crippen molar-refractivity contribution >= 4 is 16.3 Å². The van der Waals surface area contributed by atoms with E-state index < -0.39 is 0 Å². The molecule has 0 unspecified atom stereocenters. The lowest BCUT2D eigenvalue weighted by Gasteiger charge is -2.07. The molecule has 0 fully saturated rings. The molecule has 0 saturated heterocycles. The highest BCUT2D eigenvalue weighted by Crippen LogP contribution is 2.38. The lowest BCUT2D eigenvalue weighted by Crippen LogP contribution is -1.94. The Morgan fingerprint density at radius 2 is 1.72 bits per heavy atom. The summed E-state index contributed by atoms with van der Waals surface area (Å²) in [6.07, 6.45) is 1.14. The summed E-state index contributed by atoms with van der Waals surface area (Å²) in [6.45, 7) is 8.78. The van der Waals surface area contributed by atoms with Crippen LogP contribution in [0, 0.1) is 19.8 Å². The molecule has 0 aliphatic rings. The van der Waals surface area contributed by atoms with E-state index in [4.69, 9.17) is 5.73 Å². The molecule has 0 saturated carbocycles. The predicted molar refractivity (Wildman–Crippen MR) is 82.2 cm³/mol. The van der Waals surface area contributed by atoms with Gasteiger partial charge in [-0.3, -0.25) is 0 Å². The van der Waals surface area contributed by atoms with Gasteiger partial charge in [0.1, 0.15) is 0 Å². The third-order valence-electron chi connectivity index (χ3n) is 3.30. The van der Waals surface area contributed by atoms with Gasteiger partial charge in [0.05, 0.1) is 5.00 Å². The van der Waals surface area contributed by atoms with Crippen LogP contribution in [0.25, 0.3) is 11.1 Å². The third-order valence-corrected chi connectivity index (χ3v) is 4.34. The van der Waals surface area contributed by atoms with Crippen LogP contribution >= 0.6 is 11.3 Å². The van der Waals surface area contributed by atoms with Crippen LogP contribution in [0.2, 0.25) is 0 Å². The smallest absolute Gasteiger partial charge is 0.0941 e. The molecule has 96 valence electrons. The maximum atomic E-state index is 6.11. The summed E-state index contributed by atoms with van der Waals surface area (Å²) in [6, 6.07) is 8.84. The maximum Gasteiger partial charge on any atom is 0.0941 e. The van der Waals surface area contributed by atoms with Crippen molar-refractivity contribution in [3.8, 4) is 11.1 Å². The van der Waals surface area contributed by atoms with Crippen molar-refractivity contribution in [3.05, 3.63) is 40.3 Å². The minimum atomic E-state index is 0.700. The number of benzene rings is 1. The van der Waals surface area contributed by atoms with Crippen molar-refractivity contribution in [3.63, 3.8) is 0 Å². The van der Waals surface area contributed by atoms with Gasteiger partial charge in [0.2, 0.25) is 0 Å². The van der Waals surface area contributed by atoms with Gasteiger partial charge < -0.3 is 5.73 Å². The lowest BCUT2D eigenvalue weighted by atomic mass is 9.98. The van der Waals surface area contributed by atoms with Gasteiger partial charge in [-0.2, -0.15) is 0 Å². The van der Waals surface area contributed by atoms with Crippen LogP contribution < -0.4 is 5.73 Å². The molecule has 2 N–H and O–H groups in total. The Morgan fingerprint density at radius 1 is 1.11 bits per heavy atom. The molecule has 0 spiro atoms. The van der Waals surface area contributed by atoms with Gasteiger partial charge in [0, 0.05) is 10.4 Å². The van der Waals surface area contributed by atoms with E-state index in [0.29, 0.717) is 5.92 Å². The first-order valence-corrected chi connectivity index (χ1v) is 7.25. The summed E-state index contributed by atoms with van der Waals surface area (Å²) in [5.41, 5.74) is 11.3. The van der Waals surface area contributed by atoms with Crippen molar-refractivity contribution in [1.82, 2.24) is 0 Å². The number of aryl methyl sites for hydroxylation is 1. The summed E-state index contributed by atoms with van der Waals surface area (Å²) < 4.78 is 0. The molecule has 2 rings (SSSR count). The minimum absolute atomic E-state index is 0.700. The van der Waals surface area contributed by atoms with Gasteiger partial charge in [-0.25, -0.2) is 0 Å². The van der Waals surface area contributed by atoms with Crippen molar-refractivity contribution in [2.75, 3.05) is 5.73 Å². The summed E-state index contributed by atoms with van der Waals surface area (Å²) in [5, 5.41) is 0.932. The minimum Gasteiger partial charge on any atom is -0.390 e. The fourth-order valence-corrected chi connectivity index (χ4v) is 3.25. The molecule has 0 bridgehead atoms. The van der Waals surface area contributed by atoms with Gasteiger partial charge >= 0.3 is 0 Å². The molecular weight excluding hydrogens is 238 g/mol. The van der Waals surface area contributed by atoms with Crippen LogP contribution in [0.4, 0.5) is 5.00 Å². The Hall–Kier alpha value is -1.28. The van der Waals surface area contributed by atoms with Gasteiger partial charge in [-0.05, 0) is 42.9 Å². The van der Waals surface area contributed by atoms with E-state index >= 15 is 0 Å². The molecule has 0 amide bonds. The largest absolute Gasteiger partial charge is 0.390 e. The fraction of sp³-hybridized carbons (Fsp3) is 0.375. The number of anilines is 1. The molecule has 1 heterocycles. The maximum absolute atomic E-state index is 6.11. The van der Waals surface area contributed by atoms with Crippen LogP contribution in [0.1, 0.15) is 29.9 Å². The van der Waals surface area contributed by atoms with Gasteiger partial charge in [-0.1, -0.05) is 38.1 Å². The number of nitrogens with two attached hydrogens (primary N) is 1. The molecule has 18 heavy (non-hydrogen) atoms. The SMILES string of the molecule is Cc1sc(N)c(-c2ccc(CC(C)C)cc2)c1C. The van der Waals surface area contributed by atoms with E-state index in [2.05, 4.69) is 52.0 Å². The molecule has 0 radical (unpaired) electrons. The standard InChI is InChI=1S/C16H21NS/c1-10(2)9-13-5-7-14(8-6-13)15-11(3)12(4)18-16(15)17/h5-8,10H,9,17H2,1-4H3. The van der Waals surface area contributed by atoms with Crippen LogP contribution in [0.3, 0.4) is 0 Å². The number of thiophene rings is 1. The second kappa shape index (κ2) is 5.15. The zero-order valence-corrected chi connectivity index (χ0v) is 12.4. The Balaban J connectivity index is 2.34. The highest BCUT2D eigenvalue weighted by atomic mass is 32.1. The summed E-state index contributed by atoms with van der Waals surface area (Å²) >= 11 is 1.68. The molecule has 0 aliphatic heterocycles.